The molecule has 0 atom stereocenters. The quantitative estimate of drug-likeness (QED) is 0.380. The number of nitro benzene ring substituents is 1. The van der Waals surface area contributed by atoms with E-state index >= 15 is 0 Å². The van der Waals surface area contributed by atoms with Crippen molar-refractivity contribution in [1.29, 1.82) is 0 Å². The minimum atomic E-state index is -0.818. The third kappa shape index (κ3) is 3.29. The van der Waals surface area contributed by atoms with Gasteiger partial charge in [-0.3, -0.25) is 10.1 Å². The van der Waals surface area contributed by atoms with E-state index in [0.29, 0.717) is 0 Å². The van der Waals surface area contributed by atoms with E-state index in [1.807, 2.05) is 0 Å². The lowest BCUT2D eigenvalue weighted by Gasteiger charge is -1.87. The van der Waals surface area contributed by atoms with Gasteiger partial charge in [0, 0.05) is 31.2 Å². The first kappa shape index (κ1) is 10.9. The van der Waals surface area contributed by atoms with Gasteiger partial charge >= 0.3 is 27.6 Å². The van der Waals surface area contributed by atoms with E-state index in [-0.39, 0.29) is 11.7 Å². The molecule has 74 valence electrons. The highest BCUT2D eigenvalue weighted by molar-refractivity contribution is 5.64. The fraction of sp³-hybridized carbons (Fsp3) is 0.125. The van der Waals surface area contributed by atoms with Gasteiger partial charge in [-0.1, -0.05) is 0 Å². The second kappa shape index (κ2) is 4.89. The van der Waals surface area contributed by atoms with Crippen LogP contribution in [0.15, 0.2) is 24.3 Å². The number of nitro groups is 1. The average molecular weight is 308 g/mol. The van der Waals surface area contributed by atoms with Gasteiger partial charge in [-0.25, -0.2) is 7.86 Å². The second-order valence-corrected chi connectivity index (χ2v) is 4.51. The van der Waals surface area contributed by atoms with Crippen LogP contribution in [-0.2, 0) is 7.86 Å². The predicted octanol–water partition coefficient (Wildman–Crippen LogP) is -1.67. The summed E-state index contributed by atoms with van der Waals surface area (Å²) in [4.78, 5) is 20.3. The number of non-ortho nitro benzene ring substituents is 1. The van der Waals surface area contributed by atoms with Crippen molar-refractivity contribution in [1.82, 2.24) is 0 Å². The molecule has 1 rings (SSSR count). The molecule has 0 fully saturated rings. The van der Waals surface area contributed by atoms with E-state index in [2.05, 4.69) is 0 Å². The van der Waals surface area contributed by atoms with Crippen molar-refractivity contribution >= 4 is 11.7 Å². The first-order valence-corrected chi connectivity index (χ1v) is 5.62. The van der Waals surface area contributed by atoms with Gasteiger partial charge in [-0.15, -0.1) is 0 Å². The Labute approximate surface area is 91.0 Å². The van der Waals surface area contributed by atoms with Crippen molar-refractivity contribution in [2.45, 2.75) is 6.92 Å². The summed E-state index contributed by atoms with van der Waals surface area (Å²) in [7, 11) is 0. The zero-order valence-electron chi connectivity index (χ0n) is 7.27. The molecule has 5 nitrogen and oxygen atoms in total. The summed E-state index contributed by atoms with van der Waals surface area (Å²) >= 11 is -0.818. The summed E-state index contributed by atoms with van der Waals surface area (Å²) in [5.74, 6) is -0.323. The molecule has 0 saturated heterocycles. The first-order valence-electron chi connectivity index (χ1n) is 3.66. The van der Waals surface area contributed by atoms with Crippen LogP contribution < -0.4 is 21.6 Å². The zero-order chi connectivity index (χ0) is 10.6. The van der Waals surface area contributed by atoms with Crippen molar-refractivity contribution in [3.63, 3.8) is 0 Å². The molecule has 1 aromatic rings. The molecule has 0 heterocycles. The normalized spacial score (nSPS) is 9.50. The van der Waals surface area contributed by atoms with Crippen LogP contribution in [0.25, 0.3) is 0 Å². The van der Waals surface area contributed by atoms with Crippen LogP contribution in [0, 0.1) is 13.7 Å². The Hall–Kier alpha value is -1.18. The molecule has 0 saturated carbocycles. The van der Waals surface area contributed by atoms with E-state index < -0.39 is 26.5 Å². The number of rotatable bonds is 3. The van der Waals surface area contributed by atoms with Gasteiger partial charge in [0.25, 0.3) is 5.69 Å². The Balaban J connectivity index is 2.64. The molecule has 0 N–H and O–H groups in total. The summed E-state index contributed by atoms with van der Waals surface area (Å²) in [5, 5.41) is 10.3. The fourth-order valence-electron chi connectivity index (χ4n) is 0.713. The van der Waals surface area contributed by atoms with Gasteiger partial charge in [0.15, 0.2) is 0 Å². The summed E-state index contributed by atoms with van der Waals surface area (Å²) in [6.07, 6.45) is 0. The van der Waals surface area contributed by atoms with Crippen LogP contribution in [-0.4, -0.2) is 10.9 Å². The summed E-state index contributed by atoms with van der Waals surface area (Å²) < 4.78 is 5.67. The molecule has 0 aromatic heterocycles. The molecular weight excluding hydrogens is 301 g/mol. The topological polar surface area (TPSA) is 69.4 Å². The maximum Gasteiger partial charge on any atom is 0.583 e. The van der Waals surface area contributed by atoms with E-state index in [9.17, 15) is 14.9 Å². The van der Waals surface area contributed by atoms with Crippen molar-refractivity contribution in [2.75, 3.05) is 0 Å². The minimum absolute atomic E-state index is 0.0422. The third-order valence-electron chi connectivity index (χ3n) is 1.27. The predicted molar refractivity (Wildman–Crippen MR) is 43.6 cm³/mol. The fourth-order valence-corrected chi connectivity index (χ4v) is 1.93. The monoisotopic (exact) mass is 308 g/mol. The summed E-state index contributed by atoms with van der Waals surface area (Å²) in [6, 6.07) is 6.01. The molecule has 0 radical (unpaired) electrons. The van der Waals surface area contributed by atoms with Crippen molar-refractivity contribution in [3.8, 4) is 0 Å². The third-order valence-corrected chi connectivity index (χ3v) is 3.34. The number of halogens is 1. The SMILES string of the molecule is CC(=O)O[I+]c1ccc([N+](=O)[O-])cc1. The number of hydrogen-bond donors (Lipinski definition) is 0. The standard InChI is InChI=1S/C8H7INO4/c1-6(11)14-9-7-2-4-8(5-3-7)10(12)13/h2-5H,1H3/q+1. The Morgan fingerprint density at radius 3 is 2.43 bits per heavy atom. The van der Waals surface area contributed by atoms with E-state index in [1.54, 1.807) is 12.1 Å². The van der Waals surface area contributed by atoms with E-state index in [0.717, 1.165) is 3.57 Å². The zero-order valence-corrected chi connectivity index (χ0v) is 9.43. The largest absolute Gasteiger partial charge is 0.583 e. The van der Waals surface area contributed by atoms with Crippen LogP contribution in [0.3, 0.4) is 0 Å². The van der Waals surface area contributed by atoms with Crippen molar-refractivity contribution in [2.24, 2.45) is 0 Å². The number of benzene rings is 1. The lowest BCUT2D eigenvalue weighted by Crippen LogP contribution is -3.62. The minimum Gasteiger partial charge on any atom is -0.258 e. The molecule has 14 heavy (non-hydrogen) atoms. The lowest BCUT2D eigenvalue weighted by atomic mass is 10.3. The number of carbonyl (C=O) groups excluding carboxylic acids is 1. The molecule has 0 spiro atoms. The Bertz CT molecular complexity index is 349. The van der Waals surface area contributed by atoms with E-state index in [1.165, 1.54) is 19.1 Å². The molecular formula is C8H7INO4+. The van der Waals surface area contributed by atoms with Crippen LogP contribution >= 0.6 is 0 Å². The highest BCUT2D eigenvalue weighted by atomic mass is 127. The summed E-state index contributed by atoms with van der Waals surface area (Å²) in [6.45, 7) is 1.34. The lowest BCUT2D eigenvalue weighted by molar-refractivity contribution is -0.852. The molecule has 0 aliphatic carbocycles. The van der Waals surface area contributed by atoms with Crippen LogP contribution in [0.5, 0.6) is 0 Å². The Morgan fingerprint density at radius 1 is 1.43 bits per heavy atom. The molecule has 0 aliphatic heterocycles. The van der Waals surface area contributed by atoms with Crippen LogP contribution in [0.1, 0.15) is 6.92 Å². The van der Waals surface area contributed by atoms with E-state index in [4.69, 9.17) is 3.07 Å². The first-order chi connectivity index (χ1) is 6.59. The van der Waals surface area contributed by atoms with Gasteiger partial charge in [0.2, 0.25) is 3.57 Å². The molecule has 1 aromatic carbocycles. The van der Waals surface area contributed by atoms with Gasteiger partial charge in [-0.05, 0) is 0 Å². The number of carbonyl (C=O) groups is 1. The number of nitrogens with zero attached hydrogens (tertiary/aromatic N) is 1. The molecule has 6 heteroatoms. The smallest absolute Gasteiger partial charge is 0.258 e. The molecule has 0 aliphatic rings. The van der Waals surface area contributed by atoms with Gasteiger partial charge in [0.1, 0.15) is 0 Å². The van der Waals surface area contributed by atoms with Gasteiger partial charge < -0.3 is 0 Å². The maximum absolute atomic E-state index is 10.5. The molecule has 0 bridgehead atoms. The van der Waals surface area contributed by atoms with Crippen molar-refractivity contribution in [3.05, 3.63) is 37.9 Å². The highest BCUT2D eigenvalue weighted by Gasteiger charge is 2.18. The molecule has 0 amide bonds. The molecule has 0 unspecified atom stereocenters. The Morgan fingerprint density at radius 2 is 2.00 bits per heavy atom. The van der Waals surface area contributed by atoms with Gasteiger partial charge in [0.05, 0.1) is 4.92 Å². The Kier molecular flexibility index (Phi) is 3.81. The average Bonchev–Trinajstić information content (AvgIpc) is 2.15. The number of hydrogen-bond acceptors (Lipinski definition) is 4. The van der Waals surface area contributed by atoms with Crippen molar-refractivity contribution < 1.29 is 34.4 Å². The summed E-state index contributed by atoms with van der Waals surface area (Å²) in [5.41, 5.74) is 0.0422. The highest BCUT2D eigenvalue weighted by Crippen LogP contribution is 2.07. The van der Waals surface area contributed by atoms with Crippen LogP contribution in [0.4, 0.5) is 5.69 Å². The second-order valence-electron chi connectivity index (χ2n) is 2.38. The van der Waals surface area contributed by atoms with Gasteiger partial charge in [-0.2, -0.15) is 0 Å². The van der Waals surface area contributed by atoms with Crippen LogP contribution in [0.2, 0.25) is 0 Å². The maximum atomic E-state index is 10.5.